The van der Waals surface area contributed by atoms with Crippen molar-refractivity contribution in [2.45, 2.75) is 26.0 Å². The van der Waals surface area contributed by atoms with E-state index in [0.717, 1.165) is 5.56 Å². The van der Waals surface area contributed by atoms with Crippen LogP contribution in [0, 0.1) is 6.92 Å². The Hall–Kier alpha value is -1.16. The number of benzene rings is 1. The zero-order valence-electron chi connectivity index (χ0n) is 10.8. The summed E-state index contributed by atoms with van der Waals surface area (Å²) in [4.78, 5) is 0. The van der Waals surface area contributed by atoms with E-state index in [1.165, 1.54) is 11.1 Å². The van der Waals surface area contributed by atoms with Crippen LogP contribution in [-0.4, -0.2) is 11.7 Å². The van der Waals surface area contributed by atoms with Gasteiger partial charge in [0, 0.05) is 12.6 Å². The van der Waals surface area contributed by atoms with Gasteiger partial charge in [-0.25, -0.2) is 0 Å². The summed E-state index contributed by atoms with van der Waals surface area (Å²) in [6, 6.07) is 10.4. The third-order valence-electron chi connectivity index (χ3n) is 3.12. The van der Waals surface area contributed by atoms with Gasteiger partial charge in [-0.05, 0) is 41.8 Å². The number of aliphatic hydroxyl groups is 1. The molecule has 0 bridgehead atoms. The molecule has 0 spiro atoms. The molecule has 3 heteroatoms. The lowest BCUT2D eigenvalue weighted by Gasteiger charge is -2.17. The first kappa shape index (κ1) is 13.3. The minimum atomic E-state index is -0.452. The molecule has 2 N–H and O–H groups in total. The molecule has 18 heavy (non-hydrogen) atoms. The van der Waals surface area contributed by atoms with Gasteiger partial charge in [0.25, 0.3) is 0 Å². The molecule has 0 aliphatic carbocycles. The second-order valence-electron chi connectivity index (χ2n) is 4.61. The number of aryl methyl sites for hydroxylation is 1. The Balaban J connectivity index is 1.88. The van der Waals surface area contributed by atoms with Crippen molar-refractivity contribution in [3.8, 4) is 0 Å². The molecule has 2 nitrogen and oxygen atoms in total. The van der Waals surface area contributed by atoms with E-state index in [9.17, 15) is 5.11 Å². The van der Waals surface area contributed by atoms with Crippen LogP contribution in [0.2, 0.25) is 0 Å². The van der Waals surface area contributed by atoms with Crippen LogP contribution in [0.3, 0.4) is 0 Å². The first-order valence-corrected chi connectivity index (χ1v) is 7.11. The Kier molecular flexibility index (Phi) is 4.53. The van der Waals surface area contributed by atoms with Crippen LogP contribution < -0.4 is 5.32 Å². The van der Waals surface area contributed by atoms with E-state index in [-0.39, 0.29) is 6.04 Å². The third-order valence-corrected chi connectivity index (χ3v) is 3.82. The second-order valence-corrected chi connectivity index (χ2v) is 5.39. The van der Waals surface area contributed by atoms with Gasteiger partial charge in [0.1, 0.15) is 0 Å². The fourth-order valence-electron chi connectivity index (χ4n) is 1.83. The molecule has 2 unspecified atom stereocenters. The number of rotatable bonds is 5. The lowest BCUT2D eigenvalue weighted by atomic mass is 10.1. The Morgan fingerprint density at radius 2 is 1.89 bits per heavy atom. The summed E-state index contributed by atoms with van der Waals surface area (Å²) in [6.07, 6.45) is -0.452. The molecule has 2 aromatic rings. The summed E-state index contributed by atoms with van der Waals surface area (Å²) in [7, 11) is 0. The zero-order valence-corrected chi connectivity index (χ0v) is 11.6. The van der Waals surface area contributed by atoms with E-state index in [1.807, 2.05) is 31.2 Å². The van der Waals surface area contributed by atoms with Gasteiger partial charge in [-0.2, -0.15) is 11.3 Å². The van der Waals surface area contributed by atoms with E-state index in [4.69, 9.17) is 0 Å². The molecule has 1 heterocycles. The zero-order chi connectivity index (χ0) is 13.0. The van der Waals surface area contributed by atoms with Crippen LogP contribution in [0.4, 0.5) is 0 Å². The summed E-state index contributed by atoms with van der Waals surface area (Å²) in [5, 5.41) is 17.7. The van der Waals surface area contributed by atoms with E-state index in [0.29, 0.717) is 6.54 Å². The predicted octanol–water partition coefficient (Wildman–Crippen LogP) is 3.44. The molecule has 0 saturated carbocycles. The Labute approximate surface area is 112 Å². The van der Waals surface area contributed by atoms with Gasteiger partial charge < -0.3 is 10.4 Å². The molecule has 0 aliphatic heterocycles. The van der Waals surface area contributed by atoms with Crippen LogP contribution in [0.1, 0.15) is 35.8 Å². The Morgan fingerprint density at radius 3 is 2.50 bits per heavy atom. The fraction of sp³-hybridized carbons (Fsp3) is 0.333. The monoisotopic (exact) mass is 261 g/mol. The average Bonchev–Trinajstić information content (AvgIpc) is 2.90. The minimum absolute atomic E-state index is 0.274. The SMILES string of the molecule is Cc1ccc(C(O)CNC(C)c2ccsc2)cc1. The van der Waals surface area contributed by atoms with Gasteiger partial charge in [-0.15, -0.1) is 0 Å². The largest absolute Gasteiger partial charge is 0.387 e. The standard InChI is InChI=1S/C15H19NOS/c1-11-3-5-13(6-4-11)15(17)9-16-12(2)14-7-8-18-10-14/h3-8,10,12,15-17H,9H2,1-2H3. The van der Waals surface area contributed by atoms with E-state index in [2.05, 4.69) is 29.1 Å². The molecule has 2 atom stereocenters. The number of aliphatic hydroxyl groups excluding tert-OH is 1. The van der Waals surface area contributed by atoms with Crippen molar-refractivity contribution < 1.29 is 5.11 Å². The Morgan fingerprint density at radius 1 is 1.17 bits per heavy atom. The normalized spacial score (nSPS) is 14.4. The lowest BCUT2D eigenvalue weighted by molar-refractivity contribution is 0.171. The first-order chi connectivity index (χ1) is 8.66. The van der Waals surface area contributed by atoms with Crippen molar-refractivity contribution in [2.24, 2.45) is 0 Å². The maximum absolute atomic E-state index is 10.1. The van der Waals surface area contributed by atoms with Crippen LogP contribution in [0.5, 0.6) is 0 Å². The van der Waals surface area contributed by atoms with Crippen molar-refractivity contribution in [3.05, 3.63) is 57.8 Å². The van der Waals surface area contributed by atoms with Crippen molar-refractivity contribution in [2.75, 3.05) is 6.54 Å². The molecular formula is C15H19NOS. The second kappa shape index (κ2) is 6.14. The topological polar surface area (TPSA) is 32.3 Å². The van der Waals surface area contributed by atoms with E-state index in [1.54, 1.807) is 11.3 Å². The number of hydrogen-bond donors (Lipinski definition) is 2. The first-order valence-electron chi connectivity index (χ1n) is 6.17. The molecule has 2 rings (SSSR count). The van der Waals surface area contributed by atoms with Crippen LogP contribution in [0.15, 0.2) is 41.1 Å². The molecule has 96 valence electrons. The maximum Gasteiger partial charge on any atom is 0.0914 e. The van der Waals surface area contributed by atoms with Gasteiger partial charge in [-0.1, -0.05) is 29.8 Å². The average molecular weight is 261 g/mol. The number of hydrogen-bond acceptors (Lipinski definition) is 3. The third kappa shape index (κ3) is 3.42. The van der Waals surface area contributed by atoms with Crippen LogP contribution in [-0.2, 0) is 0 Å². The number of nitrogens with one attached hydrogen (secondary N) is 1. The smallest absolute Gasteiger partial charge is 0.0914 e. The molecular weight excluding hydrogens is 242 g/mol. The van der Waals surface area contributed by atoms with E-state index >= 15 is 0 Å². The summed E-state index contributed by atoms with van der Waals surface area (Å²) in [5.41, 5.74) is 3.45. The minimum Gasteiger partial charge on any atom is -0.387 e. The van der Waals surface area contributed by atoms with Crippen molar-refractivity contribution in [1.82, 2.24) is 5.32 Å². The van der Waals surface area contributed by atoms with Gasteiger partial charge in [0.15, 0.2) is 0 Å². The molecule has 0 fully saturated rings. The highest BCUT2D eigenvalue weighted by Gasteiger charge is 2.10. The quantitative estimate of drug-likeness (QED) is 0.864. The lowest BCUT2D eigenvalue weighted by Crippen LogP contribution is -2.24. The Bertz CT molecular complexity index is 464. The van der Waals surface area contributed by atoms with Gasteiger partial charge in [-0.3, -0.25) is 0 Å². The molecule has 0 saturated heterocycles. The maximum atomic E-state index is 10.1. The van der Waals surface area contributed by atoms with Crippen LogP contribution in [0.25, 0.3) is 0 Å². The van der Waals surface area contributed by atoms with E-state index < -0.39 is 6.10 Å². The fourth-order valence-corrected chi connectivity index (χ4v) is 2.59. The number of thiophene rings is 1. The van der Waals surface area contributed by atoms with Gasteiger partial charge in [0.05, 0.1) is 6.10 Å². The van der Waals surface area contributed by atoms with Gasteiger partial charge in [0.2, 0.25) is 0 Å². The molecule has 0 amide bonds. The molecule has 0 radical (unpaired) electrons. The highest BCUT2D eigenvalue weighted by atomic mass is 32.1. The highest BCUT2D eigenvalue weighted by Crippen LogP contribution is 2.18. The molecule has 1 aromatic heterocycles. The summed E-state index contributed by atoms with van der Waals surface area (Å²) < 4.78 is 0. The van der Waals surface area contributed by atoms with Gasteiger partial charge >= 0.3 is 0 Å². The highest BCUT2D eigenvalue weighted by molar-refractivity contribution is 7.07. The molecule has 1 aromatic carbocycles. The predicted molar refractivity (Wildman–Crippen MR) is 76.9 cm³/mol. The summed E-state index contributed by atoms with van der Waals surface area (Å²) >= 11 is 1.70. The van der Waals surface area contributed by atoms with Crippen molar-refractivity contribution >= 4 is 11.3 Å². The summed E-state index contributed by atoms with van der Waals surface area (Å²) in [6.45, 7) is 4.73. The van der Waals surface area contributed by atoms with Crippen molar-refractivity contribution in [1.29, 1.82) is 0 Å². The van der Waals surface area contributed by atoms with Crippen molar-refractivity contribution in [3.63, 3.8) is 0 Å². The summed E-state index contributed by atoms with van der Waals surface area (Å²) in [5.74, 6) is 0. The molecule has 0 aliphatic rings. The van der Waals surface area contributed by atoms with Crippen LogP contribution >= 0.6 is 11.3 Å².